The van der Waals surface area contributed by atoms with Gasteiger partial charge < -0.3 is 10.4 Å². The molecule has 0 aromatic heterocycles. The molecule has 1 fully saturated rings. The predicted molar refractivity (Wildman–Crippen MR) is 93.0 cm³/mol. The Morgan fingerprint density at radius 3 is 2.43 bits per heavy atom. The topological polar surface area (TPSA) is 69.6 Å². The van der Waals surface area contributed by atoms with Crippen LogP contribution in [0.15, 0.2) is 24.3 Å². The molecule has 1 aromatic carbocycles. The molecule has 1 atom stereocenters. The summed E-state index contributed by atoms with van der Waals surface area (Å²) in [6, 6.07) is 7.80. The molecule has 0 aliphatic carbocycles. The lowest BCUT2D eigenvalue weighted by Crippen LogP contribution is -2.41. The molecule has 1 unspecified atom stereocenters. The fourth-order valence-corrected chi connectivity index (χ4v) is 3.83. The van der Waals surface area contributed by atoms with Crippen LogP contribution in [0, 0.1) is 5.92 Å². The summed E-state index contributed by atoms with van der Waals surface area (Å²) in [5, 5.41) is 12.8. The second-order valence-corrected chi connectivity index (χ2v) is 8.60. The minimum absolute atomic E-state index is 0.306. The normalized spacial score (nSPS) is 18.9. The highest BCUT2D eigenvalue weighted by Crippen LogP contribution is 2.19. The molecule has 0 radical (unpaired) electrons. The fourth-order valence-electron chi connectivity index (χ4n) is 2.96. The van der Waals surface area contributed by atoms with E-state index in [-0.39, 0.29) is 0 Å². The Bertz CT molecular complexity index is 578. The van der Waals surface area contributed by atoms with Gasteiger partial charge in [-0.15, -0.1) is 0 Å². The van der Waals surface area contributed by atoms with Gasteiger partial charge in [-0.25, -0.2) is 12.7 Å². The Hall–Kier alpha value is -1.11. The predicted octanol–water partition coefficient (Wildman–Crippen LogP) is 1.97. The molecule has 0 saturated carbocycles. The molecule has 130 valence electrons. The molecule has 5 nitrogen and oxygen atoms in total. The average molecular weight is 340 g/mol. The first-order valence-corrected chi connectivity index (χ1v) is 10.2. The van der Waals surface area contributed by atoms with Crippen molar-refractivity contribution in [2.45, 2.75) is 38.6 Å². The van der Waals surface area contributed by atoms with Crippen LogP contribution < -0.4 is 5.32 Å². The summed E-state index contributed by atoms with van der Waals surface area (Å²) in [6.07, 6.45) is 5.19. The summed E-state index contributed by atoms with van der Waals surface area (Å²) >= 11 is 0. The second-order valence-electron chi connectivity index (χ2n) is 6.62. The molecule has 0 bridgehead atoms. The van der Waals surface area contributed by atoms with Crippen molar-refractivity contribution in [2.75, 3.05) is 25.9 Å². The number of rotatable bonds is 7. The second kappa shape index (κ2) is 8.13. The highest BCUT2D eigenvalue weighted by molar-refractivity contribution is 7.88. The molecule has 0 spiro atoms. The summed E-state index contributed by atoms with van der Waals surface area (Å²) in [4.78, 5) is 0. The number of piperidine rings is 1. The maximum absolute atomic E-state index is 11.5. The molecular weight excluding hydrogens is 312 g/mol. The Labute approximate surface area is 139 Å². The Kier molecular flexibility index (Phi) is 6.44. The van der Waals surface area contributed by atoms with E-state index in [2.05, 4.69) is 12.2 Å². The Morgan fingerprint density at radius 1 is 1.26 bits per heavy atom. The third kappa shape index (κ3) is 6.12. The van der Waals surface area contributed by atoms with Crippen LogP contribution in [0.4, 0.5) is 0 Å². The van der Waals surface area contributed by atoms with Gasteiger partial charge in [0.25, 0.3) is 0 Å². The smallest absolute Gasteiger partial charge is 0.211 e. The quantitative estimate of drug-likeness (QED) is 0.796. The van der Waals surface area contributed by atoms with E-state index in [4.69, 9.17) is 0 Å². The number of nitrogens with zero attached hydrogens (tertiary/aromatic N) is 1. The van der Waals surface area contributed by atoms with Crippen molar-refractivity contribution in [1.82, 2.24) is 9.62 Å². The molecule has 1 heterocycles. The number of nitrogens with one attached hydrogen (secondary N) is 1. The van der Waals surface area contributed by atoms with Gasteiger partial charge in [-0.2, -0.15) is 0 Å². The lowest BCUT2D eigenvalue weighted by Gasteiger charge is -2.31. The van der Waals surface area contributed by atoms with Crippen molar-refractivity contribution in [1.29, 1.82) is 0 Å². The first kappa shape index (κ1) is 18.2. The van der Waals surface area contributed by atoms with Crippen LogP contribution in [0.3, 0.4) is 0 Å². The summed E-state index contributed by atoms with van der Waals surface area (Å²) in [5.74, 6) is 0.865. The minimum Gasteiger partial charge on any atom is -0.508 e. The Morgan fingerprint density at radius 2 is 1.87 bits per heavy atom. The van der Waals surface area contributed by atoms with Gasteiger partial charge in [0.05, 0.1) is 6.26 Å². The number of hydrogen-bond acceptors (Lipinski definition) is 4. The van der Waals surface area contributed by atoms with E-state index in [9.17, 15) is 13.5 Å². The fraction of sp³-hybridized carbons (Fsp3) is 0.647. The van der Waals surface area contributed by atoms with Gasteiger partial charge in [-0.1, -0.05) is 12.1 Å². The SMILES string of the molecule is CC(CCc1ccc(O)cc1)NCC1CCN(S(C)(=O)=O)CC1. The van der Waals surface area contributed by atoms with Crippen molar-refractivity contribution >= 4 is 10.0 Å². The molecule has 0 amide bonds. The number of phenols is 1. The molecule has 1 aromatic rings. The van der Waals surface area contributed by atoms with Crippen molar-refractivity contribution in [2.24, 2.45) is 5.92 Å². The van der Waals surface area contributed by atoms with E-state index < -0.39 is 10.0 Å². The molecule has 2 rings (SSSR count). The van der Waals surface area contributed by atoms with Crippen molar-refractivity contribution in [3.63, 3.8) is 0 Å². The standard InChI is InChI=1S/C17H28N2O3S/c1-14(3-4-15-5-7-17(20)8-6-15)18-13-16-9-11-19(12-10-16)23(2,21)22/h5-8,14,16,18,20H,3-4,9-13H2,1-2H3. The zero-order valence-corrected chi connectivity index (χ0v) is 14.8. The first-order chi connectivity index (χ1) is 10.8. The van der Waals surface area contributed by atoms with Gasteiger partial charge in [0.1, 0.15) is 5.75 Å². The van der Waals surface area contributed by atoms with Gasteiger partial charge in [-0.3, -0.25) is 0 Å². The highest BCUT2D eigenvalue weighted by Gasteiger charge is 2.24. The van der Waals surface area contributed by atoms with E-state index in [0.717, 1.165) is 32.2 Å². The summed E-state index contributed by atoms with van der Waals surface area (Å²) in [7, 11) is -3.03. The maximum atomic E-state index is 11.5. The largest absolute Gasteiger partial charge is 0.508 e. The lowest BCUT2D eigenvalue weighted by atomic mass is 9.97. The van der Waals surface area contributed by atoms with Gasteiger partial charge in [0.2, 0.25) is 10.0 Å². The molecule has 23 heavy (non-hydrogen) atoms. The third-order valence-electron chi connectivity index (χ3n) is 4.60. The molecule has 6 heteroatoms. The monoisotopic (exact) mass is 340 g/mol. The van der Waals surface area contributed by atoms with Crippen LogP contribution in [-0.2, 0) is 16.4 Å². The van der Waals surface area contributed by atoms with E-state index >= 15 is 0 Å². The van der Waals surface area contributed by atoms with Gasteiger partial charge in [0, 0.05) is 19.1 Å². The van der Waals surface area contributed by atoms with Crippen molar-refractivity contribution < 1.29 is 13.5 Å². The molecule has 1 aliphatic rings. The van der Waals surface area contributed by atoms with E-state index in [1.54, 1.807) is 16.4 Å². The van der Waals surface area contributed by atoms with Crippen LogP contribution >= 0.6 is 0 Å². The van der Waals surface area contributed by atoms with Crippen LogP contribution in [0.2, 0.25) is 0 Å². The number of hydrogen-bond donors (Lipinski definition) is 2. The lowest BCUT2D eigenvalue weighted by molar-refractivity contribution is 0.262. The van der Waals surface area contributed by atoms with Gasteiger partial charge in [0.15, 0.2) is 0 Å². The number of benzene rings is 1. The average Bonchev–Trinajstić information content (AvgIpc) is 2.52. The summed E-state index contributed by atoms with van der Waals surface area (Å²) in [6.45, 7) is 4.43. The number of aryl methyl sites for hydroxylation is 1. The zero-order chi connectivity index (χ0) is 16.9. The first-order valence-electron chi connectivity index (χ1n) is 8.31. The molecule has 1 saturated heterocycles. The van der Waals surface area contributed by atoms with Crippen LogP contribution in [0.25, 0.3) is 0 Å². The maximum Gasteiger partial charge on any atom is 0.211 e. The molecular formula is C17H28N2O3S. The number of aromatic hydroxyl groups is 1. The van der Waals surface area contributed by atoms with Gasteiger partial charge >= 0.3 is 0 Å². The third-order valence-corrected chi connectivity index (χ3v) is 5.90. The van der Waals surface area contributed by atoms with Gasteiger partial charge in [-0.05, 0) is 62.8 Å². The Balaban J connectivity index is 1.65. The highest BCUT2D eigenvalue weighted by atomic mass is 32.2. The number of sulfonamides is 1. The van der Waals surface area contributed by atoms with Crippen molar-refractivity contribution in [3.05, 3.63) is 29.8 Å². The summed E-state index contributed by atoms with van der Waals surface area (Å²) in [5.41, 5.74) is 1.23. The molecule has 1 aliphatic heterocycles. The van der Waals surface area contributed by atoms with Crippen LogP contribution in [0.5, 0.6) is 5.75 Å². The number of phenolic OH excluding ortho intramolecular Hbond substituents is 1. The molecule has 2 N–H and O–H groups in total. The van der Waals surface area contributed by atoms with Crippen LogP contribution in [0.1, 0.15) is 31.7 Å². The van der Waals surface area contributed by atoms with E-state index in [1.807, 2.05) is 12.1 Å². The minimum atomic E-state index is -3.03. The van der Waals surface area contributed by atoms with E-state index in [0.29, 0.717) is 30.8 Å². The van der Waals surface area contributed by atoms with Crippen LogP contribution in [-0.4, -0.2) is 49.8 Å². The van der Waals surface area contributed by atoms with E-state index in [1.165, 1.54) is 11.8 Å². The zero-order valence-electron chi connectivity index (χ0n) is 14.0. The summed E-state index contributed by atoms with van der Waals surface area (Å²) < 4.78 is 24.6. The van der Waals surface area contributed by atoms with Crippen molar-refractivity contribution in [3.8, 4) is 5.75 Å².